The lowest BCUT2D eigenvalue weighted by Gasteiger charge is -1.97. The number of hydrogen-bond donors (Lipinski definition) is 2. The zero-order valence-electron chi connectivity index (χ0n) is 8.16. The van der Waals surface area contributed by atoms with Crippen LogP contribution in [0.25, 0.3) is 0 Å². The van der Waals surface area contributed by atoms with Gasteiger partial charge in [0.15, 0.2) is 0 Å². The molecule has 13 heavy (non-hydrogen) atoms. The molecule has 0 rings (SSSR count). The van der Waals surface area contributed by atoms with Gasteiger partial charge in [-0.25, -0.2) is 0 Å². The number of nitrogens with two attached hydrogens (primary N) is 2. The highest BCUT2D eigenvalue weighted by Crippen LogP contribution is 2.03. The second-order valence-electron chi connectivity index (χ2n) is 2.04. The highest BCUT2D eigenvalue weighted by Gasteiger charge is 1.89. The van der Waals surface area contributed by atoms with Crippen molar-refractivity contribution in [2.45, 2.75) is 6.92 Å². The Morgan fingerprint density at radius 2 is 1.69 bits per heavy atom. The lowest BCUT2D eigenvalue weighted by Crippen LogP contribution is -1.97. The van der Waals surface area contributed by atoms with Gasteiger partial charge in [0.25, 0.3) is 0 Å². The zero-order valence-corrected chi connectivity index (χ0v) is 8.16. The molecule has 0 saturated heterocycles. The molecule has 2 heteroatoms. The summed E-state index contributed by atoms with van der Waals surface area (Å²) in [7, 11) is 0. The molecule has 0 radical (unpaired) electrons. The first-order valence-electron chi connectivity index (χ1n) is 3.87. The van der Waals surface area contributed by atoms with Crippen LogP contribution in [-0.2, 0) is 0 Å². The molecule has 0 saturated carbocycles. The van der Waals surface area contributed by atoms with E-state index in [0.29, 0.717) is 0 Å². The Kier molecular flexibility index (Phi) is 11.0. The lowest BCUT2D eigenvalue weighted by atomic mass is 10.2. The predicted molar refractivity (Wildman–Crippen MR) is 60.8 cm³/mol. The molecule has 0 amide bonds. The van der Waals surface area contributed by atoms with Crippen molar-refractivity contribution in [2.75, 3.05) is 0 Å². The Bertz CT molecular complexity index is 222. The first-order valence-corrected chi connectivity index (χ1v) is 3.87. The summed E-state index contributed by atoms with van der Waals surface area (Å²) in [6.07, 6.45) is 8.30. The number of allylic oxidation sites excluding steroid dienone is 4. The number of hydrogen-bond acceptors (Lipinski definition) is 2. The van der Waals surface area contributed by atoms with Crippen LogP contribution in [0.5, 0.6) is 0 Å². The van der Waals surface area contributed by atoms with Crippen molar-refractivity contribution in [3.8, 4) is 0 Å². The topological polar surface area (TPSA) is 52.0 Å². The lowest BCUT2D eigenvalue weighted by molar-refractivity contribution is 1.33. The van der Waals surface area contributed by atoms with Crippen molar-refractivity contribution in [2.24, 2.45) is 11.5 Å². The summed E-state index contributed by atoms with van der Waals surface area (Å²) in [6, 6.07) is 0. The van der Waals surface area contributed by atoms with Gasteiger partial charge < -0.3 is 11.5 Å². The van der Waals surface area contributed by atoms with E-state index in [4.69, 9.17) is 5.73 Å². The molecule has 0 aromatic carbocycles. The summed E-state index contributed by atoms with van der Waals surface area (Å²) in [5, 5.41) is 0. The fourth-order valence-corrected chi connectivity index (χ4v) is 0.576. The molecule has 0 aliphatic rings. The summed E-state index contributed by atoms with van der Waals surface area (Å²) < 4.78 is 0. The van der Waals surface area contributed by atoms with E-state index in [1.54, 1.807) is 12.2 Å². The average Bonchev–Trinajstić information content (AvgIpc) is 2.14. The SMILES string of the molecule is C=C/C=C(C=C)\C(N)=C/C.C=CN. The molecule has 0 aromatic heterocycles. The Labute approximate surface area is 80.6 Å². The Balaban J connectivity index is 0. The van der Waals surface area contributed by atoms with Crippen molar-refractivity contribution >= 4 is 0 Å². The minimum Gasteiger partial charge on any atom is -0.405 e. The second-order valence-corrected chi connectivity index (χ2v) is 2.04. The van der Waals surface area contributed by atoms with Crippen LogP contribution in [0.4, 0.5) is 0 Å². The van der Waals surface area contributed by atoms with E-state index in [0.717, 1.165) is 11.3 Å². The fourth-order valence-electron chi connectivity index (χ4n) is 0.576. The molecule has 0 spiro atoms. The van der Waals surface area contributed by atoms with Crippen LogP contribution in [0.1, 0.15) is 6.92 Å². The van der Waals surface area contributed by atoms with Crippen LogP contribution < -0.4 is 11.5 Å². The van der Waals surface area contributed by atoms with E-state index in [2.05, 4.69) is 25.5 Å². The maximum Gasteiger partial charge on any atom is 0.0344 e. The van der Waals surface area contributed by atoms with Gasteiger partial charge in [0.1, 0.15) is 0 Å². The first kappa shape index (κ1) is 13.9. The molecule has 0 heterocycles. The Morgan fingerprint density at radius 1 is 1.23 bits per heavy atom. The number of rotatable bonds is 3. The van der Waals surface area contributed by atoms with Gasteiger partial charge in [0.2, 0.25) is 0 Å². The smallest absolute Gasteiger partial charge is 0.0344 e. The van der Waals surface area contributed by atoms with E-state index < -0.39 is 0 Å². The highest BCUT2D eigenvalue weighted by atomic mass is 14.6. The van der Waals surface area contributed by atoms with Crippen molar-refractivity contribution < 1.29 is 0 Å². The van der Waals surface area contributed by atoms with Gasteiger partial charge in [0, 0.05) is 5.70 Å². The van der Waals surface area contributed by atoms with Gasteiger partial charge in [0.05, 0.1) is 0 Å². The fraction of sp³-hybridized carbons (Fsp3) is 0.0909. The molecule has 0 atom stereocenters. The predicted octanol–water partition coefficient (Wildman–Crippen LogP) is 2.24. The van der Waals surface area contributed by atoms with E-state index in [1.807, 2.05) is 19.1 Å². The van der Waals surface area contributed by atoms with E-state index in [1.165, 1.54) is 6.20 Å². The molecule has 4 N–H and O–H groups in total. The van der Waals surface area contributed by atoms with E-state index >= 15 is 0 Å². The van der Waals surface area contributed by atoms with Crippen molar-refractivity contribution in [3.05, 3.63) is 61.5 Å². The van der Waals surface area contributed by atoms with Crippen molar-refractivity contribution in [1.82, 2.24) is 0 Å². The zero-order chi connectivity index (χ0) is 10.7. The maximum absolute atomic E-state index is 5.59. The van der Waals surface area contributed by atoms with Crippen LogP contribution in [0.3, 0.4) is 0 Å². The molecule has 0 aliphatic carbocycles. The normalized spacial score (nSPS) is 10.8. The molecule has 0 bridgehead atoms. The maximum atomic E-state index is 5.59. The van der Waals surface area contributed by atoms with Crippen LogP contribution in [0.15, 0.2) is 61.5 Å². The van der Waals surface area contributed by atoms with Gasteiger partial charge in [-0.2, -0.15) is 0 Å². The van der Waals surface area contributed by atoms with Gasteiger partial charge >= 0.3 is 0 Å². The van der Waals surface area contributed by atoms with Crippen LogP contribution >= 0.6 is 0 Å². The molecule has 0 aliphatic heterocycles. The monoisotopic (exact) mass is 178 g/mol. The summed E-state index contributed by atoms with van der Waals surface area (Å²) >= 11 is 0. The largest absolute Gasteiger partial charge is 0.405 e. The summed E-state index contributed by atoms with van der Waals surface area (Å²) in [4.78, 5) is 0. The first-order chi connectivity index (χ1) is 6.17. The Morgan fingerprint density at radius 3 is 1.92 bits per heavy atom. The molecule has 0 fully saturated rings. The molecule has 0 unspecified atom stereocenters. The molecule has 2 nitrogen and oxygen atoms in total. The highest BCUT2D eigenvalue weighted by molar-refractivity contribution is 5.38. The van der Waals surface area contributed by atoms with Crippen molar-refractivity contribution in [3.63, 3.8) is 0 Å². The average molecular weight is 178 g/mol. The van der Waals surface area contributed by atoms with Crippen molar-refractivity contribution in [1.29, 1.82) is 0 Å². The van der Waals surface area contributed by atoms with Crippen LogP contribution in [0.2, 0.25) is 0 Å². The van der Waals surface area contributed by atoms with Gasteiger partial charge in [-0.05, 0) is 18.7 Å². The quantitative estimate of drug-likeness (QED) is 0.651. The Hall–Kier alpha value is -1.70. The summed E-state index contributed by atoms with van der Waals surface area (Å²) in [6.45, 7) is 12.2. The third-order valence-electron chi connectivity index (χ3n) is 1.16. The minimum absolute atomic E-state index is 0.731. The standard InChI is InChI=1S/C9H13N.C2H5N/c1-4-7-8(5-2)9(10)6-3;1-2-3/h4-7H,1-2,10H2,3H3;2H,1,3H2/b8-7-,9-6+;. The molecule has 0 aromatic rings. The van der Waals surface area contributed by atoms with Crippen LogP contribution in [-0.4, -0.2) is 0 Å². The summed E-state index contributed by atoms with van der Waals surface area (Å²) in [5.74, 6) is 0. The second kappa shape index (κ2) is 10.3. The molecular formula is C11H18N2. The van der Waals surface area contributed by atoms with Gasteiger partial charge in [-0.3, -0.25) is 0 Å². The molecule has 72 valence electrons. The van der Waals surface area contributed by atoms with Gasteiger partial charge in [-0.15, -0.1) is 0 Å². The minimum atomic E-state index is 0.731. The summed E-state index contributed by atoms with van der Waals surface area (Å²) in [5.41, 5.74) is 11.8. The van der Waals surface area contributed by atoms with E-state index in [-0.39, 0.29) is 0 Å². The van der Waals surface area contributed by atoms with Gasteiger partial charge in [-0.1, -0.05) is 44.0 Å². The molecular weight excluding hydrogens is 160 g/mol. The third-order valence-corrected chi connectivity index (χ3v) is 1.16. The third kappa shape index (κ3) is 8.20. The van der Waals surface area contributed by atoms with Crippen LogP contribution in [0, 0.1) is 0 Å². The van der Waals surface area contributed by atoms with E-state index in [9.17, 15) is 0 Å².